The van der Waals surface area contributed by atoms with E-state index < -0.39 is 11.6 Å². The second kappa shape index (κ2) is 6.95. The third-order valence-corrected chi connectivity index (χ3v) is 4.70. The van der Waals surface area contributed by atoms with Gasteiger partial charge in [-0.1, -0.05) is 0 Å². The number of methoxy groups -OCH3 is 2. The molecule has 6 nitrogen and oxygen atoms in total. The van der Waals surface area contributed by atoms with Gasteiger partial charge in [-0.2, -0.15) is 0 Å². The number of ether oxygens (including phenoxy) is 3. The quantitative estimate of drug-likeness (QED) is 0.834. The van der Waals surface area contributed by atoms with Gasteiger partial charge < -0.3 is 19.3 Å². The molecule has 0 aliphatic heterocycles. The number of benzene rings is 2. The Bertz CT molecular complexity index is 913. The number of Topliss-reactive ketones (excluding diaryl/α,β-unsaturated/α-hetero) is 1. The van der Waals surface area contributed by atoms with Crippen molar-refractivity contribution in [1.82, 2.24) is 0 Å². The molecule has 0 amide bonds. The Morgan fingerprint density at radius 1 is 0.963 bits per heavy atom. The number of hydrogen-bond donors (Lipinski definition) is 1. The lowest BCUT2D eigenvalue weighted by Gasteiger charge is -2.24. The van der Waals surface area contributed by atoms with E-state index in [9.17, 15) is 14.7 Å². The molecule has 0 heterocycles. The van der Waals surface area contributed by atoms with Crippen LogP contribution in [0.3, 0.4) is 0 Å². The zero-order valence-electron chi connectivity index (χ0n) is 15.8. The molecule has 2 aromatic carbocycles. The molecule has 3 rings (SSSR count). The van der Waals surface area contributed by atoms with Crippen molar-refractivity contribution >= 4 is 11.8 Å². The minimum absolute atomic E-state index is 0.0344. The second-order valence-corrected chi connectivity index (χ2v) is 6.91. The van der Waals surface area contributed by atoms with E-state index in [0.717, 1.165) is 5.56 Å². The number of carboxylic acids is 1. The third kappa shape index (κ3) is 3.47. The van der Waals surface area contributed by atoms with Crippen LogP contribution in [0.15, 0.2) is 30.3 Å². The summed E-state index contributed by atoms with van der Waals surface area (Å²) in [6, 6.07) is 8.88. The molecule has 2 aromatic rings. The average molecular weight is 370 g/mol. The summed E-state index contributed by atoms with van der Waals surface area (Å²) in [4.78, 5) is 23.7. The topological polar surface area (TPSA) is 82.1 Å². The van der Waals surface area contributed by atoms with Gasteiger partial charge in [-0.15, -0.1) is 0 Å². The van der Waals surface area contributed by atoms with Crippen LogP contribution < -0.4 is 14.2 Å². The molecule has 6 heteroatoms. The number of carbonyl (C=O) groups is 2. The Hall–Kier alpha value is -3.02. The van der Waals surface area contributed by atoms with Gasteiger partial charge in [0.25, 0.3) is 0 Å². The summed E-state index contributed by atoms with van der Waals surface area (Å²) < 4.78 is 16.6. The molecule has 0 radical (unpaired) electrons. The highest BCUT2D eigenvalue weighted by molar-refractivity contribution is 6.02. The first kappa shape index (κ1) is 18.8. The number of aryl methyl sites for hydroxylation is 1. The molecule has 27 heavy (non-hydrogen) atoms. The fraction of sp³-hybridized carbons (Fsp3) is 0.333. The SMILES string of the molecule is COc1ccc(OC)c(-c2cc3c(cc2OC(C)(C)C(=O)O)C(=O)CC3)c1. The van der Waals surface area contributed by atoms with Gasteiger partial charge in [0.1, 0.15) is 17.2 Å². The molecule has 1 aliphatic rings. The van der Waals surface area contributed by atoms with E-state index in [4.69, 9.17) is 14.2 Å². The zero-order chi connectivity index (χ0) is 19.8. The molecule has 0 saturated carbocycles. The van der Waals surface area contributed by atoms with Crippen molar-refractivity contribution in [2.24, 2.45) is 0 Å². The summed E-state index contributed by atoms with van der Waals surface area (Å²) in [7, 11) is 3.13. The molecule has 0 unspecified atom stereocenters. The van der Waals surface area contributed by atoms with Crippen LogP contribution in [-0.4, -0.2) is 36.7 Å². The maximum atomic E-state index is 12.2. The Kier molecular flexibility index (Phi) is 4.83. The molecule has 142 valence electrons. The van der Waals surface area contributed by atoms with Gasteiger partial charge in [-0.25, -0.2) is 4.79 Å². The predicted octanol–water partition coefficient (Wildman–Crippen LogP) is 3.74. The van der Waals surface area contributed by atoms with Crippen molar-refractivity contribution in [1.29, 1.82) is 0 Å². The monoisotopic (exact) mass is 370 g/mol. The second-order valence-electron chi connectivity index (χ2n) is 6.91. The standard InChI is InChI=1S/C21H22O6/c1-21(2,20(23)24)27-19-11-14-12(5-7-17(14)22)9-15(19)16-10-13(25-3)6-8-18(16)26-4/h6,8-11H,5,7H2,1-4H3,(H,23,24). The highest BCUT2D eigenvalue weighted by Crippen LogP contribution is 2.42. The van der Waals surface area contributed by atoms with Gasteiger partial charge in [-0.3, -0.25) is 4.79 Å². The van der Waals surface area contributed by atoms with E-state index in [1.807, 2.05) is 6.07 Å². The van der Waals surface area contributed by atoms with E-state index in [-0.39, 0.29) is 5.78 Å². The smallest absolute Gasteiger partial charge is 0.347 e. The van der Waals surface area contributed by atoms with Crippen molar-refractivity contribution < 1.29 is 28.9 Å². The normalized spacial score (nSPS) is 13.3. The number of rotatable bonds is 6. The summed E-state index contributed by atoms with van der Waals surface area (Å²) in [5.41, 5.74) is 1.40. The first-order chi connectivity index (χ1) is 12.8. The van der Waals surface area contributed by atoms with Gasteiger partial charge in [-0.05, 0) is 56.2 Å². The van der Waals surface area contributed by atoms with Gasteiger partial charge in [0.05, 0.1) is 14.2 Å². The summed E-state index contributed by atoms with van der Waals surface area (Å²) in [5, 5.41) is 9.46. The molecule has 0 spiro atoms. The first-order valence-corrected chi connectivity index (χ1v) is 8.61. The van der Waals surface area contributed by atoms with E-state index in [0.29, 0.717) is 46.8 Å². The van der Waals surface area contributed by atoms with Crippen LogP contribution in [0, 0.1) is 0 Å². The lowest BCUT2D eigenvalue weighted by atomic mass is 9.97. The van der Waals surface area contributed by atoms with Crippen LogP contribution >= 0.6 is 0 Å². The predicted molar refractivity (Wildman–Crippen MR) is 100.0 cm³/mol. The number of hydrogen-bond acceptors (Lipinski definition) is 5. The summed E-state index contributed by atoms with van der Waals surface area (Å²) >= 11 is 0. The molecular formula is C21H22O6. The van der Waals surface area contributed by atoms with Gasteiger partial charge in [0, 0.05) is 23.1 Å². The van der Waals surface area contributed by atoms with Gasteiger partial charge >= 0.3 is 5.97 Å². The van der Waals surface area contributed by atoms with Crippen molar-refractivity contribution in [3.8, 4) is 28.4 Å². The van der Waals surface area contributed by atoms with Crippen LogP contribution in [0.5, 0.6) is 17.2 Å². The Balaban J connectivity index is 2.23. The highest BCUT2D eigenvalue weighted by Gasteiger charge is 2.32. The highest BCUT2D eigenvalue weighted by atomic mass is 16.5. The first-order valence-electron chi connectivity index (χ1n) is 8.61. The zero-order valence-corrected chi connectivity index (χ0v) is 15.8. The Labute approximate surface area is 157 Å². The lowest BCUT2D eigenvalue weighted by Crippen LogP contribution is -2.38. The van der Waals surface area contributed by atoms with Crippen molar-refractivity contribution in [2.45, 2.75) is 32.3 Å². The Morgan fingerprint density at radius 2 is 1.67 bits per heavy atom. The van der Waals surface area contributed by atoms with Crippen molar-refractivity contribution in [3.63, 3.8) is 0 Å². The molecule has 0 aromatic heterocycles. The van der Waals surface area contributed by atoms with E-state index >= 15 is 0 Å². The third-order valence-electron chi connectivity index (χ3n) is 4.70. The van der Waals surface area contributed by atoms with Crippen LogP contribution in [0.4, 0.5) is 0 Å². The van der Waals surface area contributed by atoms with Crippen LogP contribution in [0.25, 0.3) is 11.1 Å². The number of ketones is 1. The molecule has 0 bridgehead atoms. The molecule has 1 N–H and O–H groups in total. The van der Waals surface area contributed by atoms with Gasteiger partial charge in [0.15, 0.2) is 11.4 Å². The fourth-order valence-electron chi connectivity index (χ4n) is 3.11. The van der Waals surface area contributed by atoms with E-state index in [2.05, 4.69) is 0 Å². The molecule has 0 saturated heterocycles. The number of fused-ring (bicyclic) bond motifs is 1. The number of carbonyl (C=O) groups excluding carboxylic acids is 1. The van der Waals surface area contributed by atoms with E-state index in [1.165, 1.54) is 13.8 Å². The van der Waals surface area contributed by atoms with Crippen molar-refractivity contribution in [3.05, 3.63) is 41.5 Å². The van der Waals surface area contributed by atoms with Crippen LogP contribution in [-0.2, 0) is 11.2 Å². The largest absolute Gasteiger partial charge is 0.497 e. The van der Waals surface area contributed by atoms with Crippen LogP contribution in [0.2, 0.25) is 0 Å². The molecule has 0 fully saturated rings. The molecule has 0 atom stereocenters. The summed E-state index contributed by atoms with van der Waals surface area (Å²) in [6.07, 6.45) is 1.09. The Morgan fingerprint density at radius 3 is 2.30 bits per heavy atom. The fourth-order valence-corrected chi connectivity index (χ4v) is 3.11. The summed E-state index contributed by atoms with van der Waals surface area (Å²) in [6.45, 7) is 2.94. The molecule has 1 aliphatic carbocycles. The number of aliphatic carboxylic acids is 1. The van der Waals surface area contributed by atoms with Gasteiger partial charge in [0.2, 0.25) is 0 Å². The molecular weight excluding hydrogens is 348 g/mol. The van der Waals surface area contributed by atoms with Crippen molar-refractivity contribution in [2.75, 3.05) is 14.2 Å². The summed E-state index contributed by atoms with van der Waals surface area (Å²) in [5.74, 6) is 0.483. The van der Waals surface area contributed by atoms with Crippen LogP contribution in [0.1, 0.15) is 36.2 Å². The minimum Gasteiger partial charge on any atom is -0.497 e. The average Bonchev–Trinajstić information content (AvgIpc) is 3.00. The minimum atomic E-state index is -1.46. The lowest BCUT2D eigenvalue weighted by molar-refractivity contribution is -0.152. The van der Waals surface area contributed by atoms with E-state index in [1.54, 1.807) is 38.5 Å². The maximum absolute atomic E-state index is 12.2. The number of carboxylic acid groups (broad SMARTS) is 1. The maximum Gasteiger partial charge on any atom is 0.347 e.